The summed E-state index contributed by atoms with van der Waals surface area (Å²) in [5.74, 6) is 0.831. The van der Waals surface area contributed by atoms with Crippen molar-refractivity contribution in [3.05, 3.63) is 52.2 Å². The van der Waals surface area contributed by atoms with E-state index in [9.17, 15) is 5.11 Å². The van der Waals surface area contributed by atoms with Gasteiger partial charge >= 0.3 is 0 Å². The van der Waals surface area contributed by atoms with Gasteiger partial charge in [0, 0.05) is 4.88 Å². The minimum Gasteiger partial charge on any atom is -0.488 e. The molecule has 1 aromatic heterocycles. The summed E-state index contributed by atoms with van der Waals surface area (Å²) < 4.78 is 5.61. The first kappa shape index (κ1) is 11.2. The van der Waals surface area contributed by atoms with Gasteiger partial charge in [0.25, 0.3) is 0 Å². The first-order valence-electron chi connectivity index (χ1n) is 5.19. The van der Waals surface area contributed by atoms with Gasteiger partial charge in [-0.15, -0.1) is 11.3 Å². The quantitative estimate of drug-likeness (QED) is 0.878. The number of aliphatic hydroxyl groups excluding tert-OH is 1. The van der Waals surface area contributed by atoms with Gasteiger partial charge in [-0.1, -0.05) is 18.2 Å². The number of ether oxygens (including phenoxy) is 1. The van der Waals surface area contributed by atoms with Crippen molar-refractivity contribution in [1.29, 1.82) is 0 Å². The van der Waals surface area contributed by atoms with Crippen molar-refractivity contribution in [3.8, 4) is 5.75 Å². The Kier molecular flexibility index (Phi) is 3.59. The molecule has 2 aromatic rings. The first-order chi connectivity index (χ1) is 7.75. The molecule has 84 valence electrons. The van der Waals surface area contributed by atoms with E-state index in [1.54, 1.807) is 18.3 Å². The fourth-order valence-electron chi connectivity index (χ4n) is 1.39. The van der Waals surface area contributed by atoms with Crippen molar-refractivity contribution in [2.75, 3.05) is 0 Å². The van der Waals surface area contributed by atoms with Crippen molar-refractivity contribution in [1.82, 2.24) is 0 Å². The summed E-state index contributed by atoms with van der Waals surface area (Å²) in [6, 6.07) is 11.6. The van der Waals surface area contributed by atoms with E-state index in [0.717, 1.165) is 11.3 Å². The molecule has 3 heteroatoms. The Hall–Kier alpha value is -1.32. The lowest BCUT2D eigenvalue weighted by Gasteiger charge is -2.07. The number of aliphatic hydroxyl groups is 1. The maximum atomic E-state index is 9.36. The third-order valence-corrected chi connectivity index (χ3v) is 3.17. The van der Waals surface area contributed by atoms with Crippen LogP contribution >= 0.6 is 11.3 Å². The standard InChI is InChI=1S/C13H14O2S/c1-10(14)11-4-6-12(7-5-11)15-9-13-3-2-8-16-13/h2-8,10,14H,9H2,1H3/t10-/m0/s1. The summed E-state index contributed by atoms with van der Waals surface area (Å²) in [7, 11) is 0. The molecule has 0 bridgehead atoms. The third kappa shape index (κ3) is 2.84. The molecule has 1 N–H and O–H groups in total. The molecule has 1 heterocycles. The van der Waals surface area contributed by atoms with E-state index < -0.39 is 6.10 Å². The van der Waals surface area contributed by atoms with Crippen LogP contribution in [0.3, 0.4) is 0 Å². The third-order valence-electron chi connectivity index (χ3n) is 2.32. The summed E-state index contributed by atoms with van der Waals surface area (Å²) >= 11 is 1.69. The molecular weight excluding hydrogens is 220 g/mol. The molecule has 0 amide bonds. The van der Waals surface area contributed by atoms with Gasteiger partial charge in [-0.05, 0) is 36.1 Å². The molecule has 1 atom stereocenters. The number of rotatable bonds is 4. The van der Waals surface area contributed by atoms with Gasteiger partial charge in [0.2, 0.25) is 0 Å². The average molecular weight is 234 g/mol. The number of hydrogen-bond donors (Lipinski definition) is 1. The second kappa shape index (κ2) is 5.14. The van der Waals surface area contributed by atoms with Crippen LogP contribution in [0.4, 0.5) is 0 Å². The van der Waals surface area contributed by atoms with Gasteiger partial charge in [-0.2, -0.15) is 0 Å². The lowest BCUT2D eigenvalue weighted by atomic mass is 10.1. The topological polar surface area (TPSA) is 29.5 Å². The zero-order chi connectivity index (χ0) is 11.4. The van der Waals surface area contributed by atoms with Crippen LogP contribution in [0.5, 0.6) is 5.75 Å². The molecule has 0 aliphatic carbocycles. The van der Waals surface area contributed by atoms with Gasteiger partial charge in [0.1, 0.15) is 12.4 Å². The first-order valence-corrected chi connectivity index (χ1v) is 6.07. The summed E-state index contributed by atoms with van der Waals surface area (Å²) in [6.45, 7) is 2.35. The van der Waals surface area contributed by atoms with Crippen LogP contribution in [-0.2, 0) is 6.61 Å². The summed E-state index contributed by atoms with van der Waals surface area (Å²) in [4.78, 5) is 1.21. The van der Waals surface area contributed by atoms with Crippen molar-refractivity contribution in [2.45, 2.75) is 19.6 Å². The molecule has 0 aliphatic heterocycles. The number of hydrogen-bond acceptors (Lipinski definition) is 3. The molecule has 16 heavy (non-hydrogen) atoms. The van der Waals surface area contributed by atoms with Gasteiger partial charge in [0.05, 0.1) is 6.10 Å². The fourth-order valence-corrected chi connectivity index (χ4v) is 2.01. The highest BCUT2D eigenvalue weighted by Crippen LogP contribution is 2.19. The Labute approximate surface area is 99.1 Å². The van der Waals surface area contributed by atoms with E-state index in [-0.39, 0.29) is 0 Å². The second-order valence-corrected chi connectivity index (χ2v) is 4.65. The SMILES string of the molecule is C[C@H](O)c1ccc(OCc2cccs2)cc1. The van der Waals surface area contributed by atoms with E-state index in [1.165, 1.54) is 4.88 Å². The Morgan fingerprint density at radius 1 is 1.25 bits per heavy atom. The Bertz CT molecular complexity index is 418. The summed E-state index contributed by atoms with van der Waals surface area (Å²) in [6.07, 6.45) is -0.425. The molecular formula is C13H14O2S. The molecule has 1 aromatic carbocycles. The van der Waals surface area contributed by atoms with Crippen LogP contribution in [0.15, 0.2) is 41.8 Å². The Balaban J connectivity index is 1.95. The molecule has 0 fully saturated rings. The monoisotopic (exact) mass is 234 g/mol. The maximum absolute atomic E-state index is 9.36. The van der Waals surface area contributed by atoms with Crippen molar-refractivity contribution in [3.63, 3.8) is 0 Å². The van der Waals surface area contributed by atoms with Crippen LogP contribution < -0.4 is 4.74 Å². The summed E-state index contributed by atoms with van der Waals surface area (Å²) in [5, 5.41) is 11.4. The lowest BCUT2D eigenvalue weighted by Crippen LogP contribution is -1.94. The van der Waals surface area contributed by atoms with Crippen LogP contribution in [-0.4, -0.2) is 5.11 Å². The van der Waals surface area contributed by atoms with E-state index >= 15 is 0 Å². The normalized spacial score (nSPS) is 12.4. The predicted octanol–water partition coefficient (Wildman–Crippen LogP) is 3.38. The molecule has 0 aliphatic rings. The van der Waals surface area contributed by atoms with Crippen LogP contribution in [0.25, 0.3) is 0 Å². The minimum absolute atomic E-state index is 0.425. The highest BCUT2D eigenvalue weighted by atomic mass is 32.1. The molecule has 0 spiro atoms. The number of benzene rings is 1. The number of thiophene rings is 1. The van der Waals surface area contributed by atoms with Gasteiger partial charge in [-0.25, -0.2) is 0 Å². The molecule has 0 unspecified atom stereocenters. The van der Waals surface area contributed by atoms with Crippen LogP contribution in [0.1, 0.15) is 23.5 Å². The Morgan fingerprint density at radius 2 is 2.00 bits per heavy atom. The van der Waals surface area contributed by atoms with Gasteiger partial charge in [0.15, 0.2) is 0 Å². The zero-order valence-electron chi connectivity index (χ0n) is 9.09. The predicted molar refractivity (Wildman–Crippen MR) is 65.7 cm³/mol. The Morgan fingerprint density at radius 3 is 2.56 bits per heavy atom. The lowest BCUT2D eigenvalue weighted by molar-refractivity contribution is 0.199. The minimum atomic E-state index is -0.425. The summed E-state index contributed by atoms with van der Waals surface area (Å²) in [5.41, 5.74) is 0.906. The van der Waals surface area contributed by atoms with E-state index in [2.05, 4.69) is 6.07 Å². The second-order valence-electron chi connectivity index (χ2n) is 3.61. The van der Waals surface area contributed by atoms with Gasteiger partial charge in [-0.3, -0.25) is 0 Å². The van der Waals surface area contributed by atoms with E-state index in [0.29, 0.717) is 6.61 Å². The smallest absolute Gasteiger partial charge is 0.122 e. The zero-order valence-corrected chi connectivity index (χ0v) is 9.91. The van der Waals surface area contributed by atoms with Gasteiger partial charge < -0.3 is 9.84 Å². The molecule has 0 saturated carbocycles. The van der Waals surface area contributed by atoms with Crippen LogP contribution in [0, 0.1) is 0 Å². The molecule has 2 nitrogen and oxygen atoms in total. The van der Waals surface area contributed by atoms with Crippen molar-refractivity contribution in [2.24, 2.45) is 0 Å². The average Bonchev–Trinajstić information content (AvgIpc) is 2.80. The molecule has 0 saturated heterocycles. The molecule has 0 radical (unpaired) electrons. The van der Waals surface area contributed by atoms with E-state index in [4.69, 9.17) is 4.74 Å². The van der Waals surface area contributed by atoms with Crippen molar-refractivity contribution < 1.29 is 9.84 Å². The largest absolute Gasteiger partial charge is 0.488 e. The maximum Gasteiger partial charge on any atom is 0.122 e. The highest BCUT2D eigenvalue weighted by molar-refractivity contribution is 7.09. The fraction of sp³-hybridized carbons (Fsp3) is 0.231. The highest BCUT2D eigenvalue weighted by Gasteiger charge is 2.01. The van der Waals surface area contributed by atoms with Crippen LogP contribution in [0.2, 0.25) is 0 Å². The molecule has 2 rings (SSSR count). The van der Waals surface area contributed by atoms with Crippen molar-refractivity contribution >= 4 is 11.3 Å². The van der Waals surface area contributed by atoms with E-state index in [1.807, 2.05) is 35.7 Å².